The van der Waals surface area contributed by atoms with E-state index in [-0.39, 0.29) is 11.9 Å². The van der Waals surface area contributed by atoms with Crippen molar-refractivity contribution in [3.8, 4) is 0 Å². The first kappa shape index (κ1) is 11.6. The summed E-state index contributed by atoms with van der Waals surface area (Å²) in [4.78, 5) is 14.1. The van der Waals surface area contributed by atoms with Gasteiger partial charge in [-0.15, -0.1) is 0 Å². The van der Waals surface area contributed by atoms with E-state index in [4.69, 9.17) is 0 Å². The summed E-state index contributed by atoms with van der Waals surface area (Å²) in [6.07, 6.45) is 0. The molecule has 0 saturated carbocycles. The lowest BCUT2D eigenvalue weighted by molar-refractivity contribution is -0.112. The number of para-hydroxylation sites is 1. The topological polar surface area (TPSA) is 35.9 Å². The third kappa shape index (κ3) is 1.90. The predicted octanol–water partition coefficient (Wildman–Crippen LogP) is 1.71. The SMILES string of the molecule is CC(C)N1C(=O)C(=NN(C)C)c2ccccc21. The number of hydrogen-bond donors (Lipinski definition) is 0. The summed E-state index contributed by atoms with van der Waals surface area (Å²) in [6, 6.07) is 7.92. The smallest absolute Gasteiger partial charge is 0.279 e. The van der Waals surface area contributed by atoms with Crippen molar-refractivity contribution in [1.29, 1.82) is 0 Å². The molecule has 2 rings (SSSR count). The second-order valence-corrected chi connectivity index (χ2v) is 4.58. The van der Waals surface area contributed by atoms with E-state index in [9.17, 15) is 4.79 Å². The van der Waals surface area contributed by atoms with Crippen molar-refractivity contribution in [2.75, 3.05) is 19.0 Å². The fourth-order valence-corrected chi connectivity index (χ4v) is 2.03. The summed E-state index contributed by atoms with van der Waals surface area (Å²) in [5, 5.41) is 5.95. The highest BCUT2D eigenvalue weighted by Gasteiger charge is 2.35. The number of benzene rings is 1. The molecule has 1 amide bonds. The third-order valence-electron chi connectivity index (χ3n) is 2.66. The van der Waals surface area contributed by atoms with Crippen LogP contribution in [-0.2, 0) is 4.79 Å². The fraction of sp³-hybridized carbons (Fsp3) is 0.385. The maximum Gasteiger partial charge on any atom is 0.279 e. The molecule has 4 nitrogen and oxygen atoms in total. The van der Waals surface area contributed by atoms with E-state index in [2.05, 4.69) is 5.10 Å². The Kier molecular flexibility index (Phi) is 2.88. The molecule has 0 radical (unpaired) electrons. The highest BCUT2D eigenvalue weighted by molar-refractivity contribution is 6.54. The van der Waals surface area contributed by atoms with Crippen LogP contribution in [0.1, 0.15) is 19.4 Å². The van der Waals surface area contributed by atoms with Gasteiger partial charge in [-0.25, -0.2) is 0 Å². The number of rotatable bonds is 2. The number of carbonyl (C=O) groups excluding carboxylic acids is 1. The molecule has 0 atom stereocenters. The molecule has 0 unspecified atom stereocenters. The minimum absolute atomic E-state index is 0.0186. The molecular formula is C13H17N3O. The average Bonchev–Trinajstić information content (AvgIpc) is 2.52. The molecule has 1 aliphatic heterocycles. The molecule has 1 aliphatic rings. The number of hydrazone groups is 1. The minimum atomic E-state index is -0.0186. The molecule has 1 aromatic rings. The van der Waals surface area contributed by atoms with Gasteiger partial charge < -0.3 is 9.91 Å². The minimum Gasteiger partial charge on any atom is -0.304 e. The molecule has 0 spiro atoms. The first-order chi connectivity index (χ1) is 8.02. The number of hydrogen-bond acceptors (Lipinski definition) is 3. The van der Waals surface area contributed by atoms with E-state index in [1.807, 2.05) is 52.2 Å². The molecule has 0 bridgehead atoms. The molecule has 0 saturated heterocycles. The maximum absolute atomic E-state index is 12.3. The maximum atomic E-state index is 12.3. The van der Waals surface area contributed by atoms with Crippen molar-refractivity contribution in [2.24, 2.45) is 5.10 Å². The van der Waals surface area contributed by atoms with Gasteiger partial charge >= 0.3 is 0 Å². The van der Waals surface area contributed by atoms with Crippen LogP contribution in [0.25, 0.3) is 0 Å². The van der Waals surface area contributed by atoms with E-state index in [0.717, 1.165) is 11.3 Å². The van der Waals surface area contributed by atoms with E-state index in [1.54, 1.807) is 9.91 Å². The summed E-state index contributed by atoms with van der Waals surface area (Å²) in [6.45, 7) is 4.01. The van der Waals surface area contributed by atoms with E-state index >= 15 is 0 Å². The van der Waals surface area contributed by atoms with Crippen molar-refractivity contribution in [2.45, 2.75) is 19.9 Å². The Hall–Kier alpha value is -1.84. The van der Waals surface area contributed by atoms with Crippen LogP contribution in [0.3, 0.4) is 0 Å². The van der Waals surface area contributed by atoms with Crippen molar-refractivity contribution in [3.05, 3.63) is 29.8 Å². The predicted molar refractivity (Wildman–Crippen MR) is 69.3 cm³/mol. The molecule has 1 heterocycles. The van der Waals surface area contributed by atoms with Crippen LogP contribution in [0, 0.1) is 0 Å². The van der Waals surface area contributed by atoms with Crippen LogP contribution >= 0.6 is 0 Å². The Bertz CT molecular complexity index is 477. The van der Waals surface area contributed by atoms with E-state index in [1.165, 1.54) is 0 Å². The first-order valence-electron chi connectivity index (χ1n) is 5.71. The number of fused-ring (bicyclic) bond motifs is 1. The molecule has 0 fully saturated rings. The zero-order chi connectivity index (χ0) is 12.6. The van der Waals surface area contributed by atoms with Gasteiger partial charge in [-0.05, 0) is 19.9 Å². The Morgan fingerprint density at radius 3 is 2.47 bits per heavy atom. The average molecular weight is 231 g/mol. The van der Waals surface area contributed by atoms with Gasteiger partial charge in [-0.3, -0.25) is 4.79 Å². The van der Waals surface area contributed by atoms with Gasteiger partial charge in [-0.2, -0.15) is 5.10 Å². The Morgan fingerprint density at radius 1 is 1.24 bits per heavy atom. The molecule has 0 N–H and O–H groups in total. The first-order valence-corrected chi connectivity index (χ1v) is 5.71. The Morgan fingerprint density at radius 2 is 1.88 bits per heavy atom. The van der Waals surface area contributed by atoms with Gasteiger partial charge in [0.15, 0.2) is 5.71 Å². The second kappa shape index (κ2) is 4.20. The quantitative estimate of drug-likeness (QED) is 0.726. The lowest BCUT2D eigenvalue weighted by atomic mass is 10.1. The van der Waals surface area contributed by atoms with Crippen LogP contribution in [0.2, 0.25) is 0 Å². The van der Waals surface area contributed by atoms with Crippen LogP contribution in [-0.4, -0.2) is 36.8 Å². The lowest BCUT2D eigenvalue weighted by Gasteiger charge is -2.21. The molecule has 1 aromatic carbocycles. The zero-order valence-electron chi connectivity index (χ0n) is 10.6. The van der Waals surface area contributed by atoms with Crippen LogP contribution in [0.15, 0.2) is 29.4 Å². The summed E-state index contributed by atoms with van der Waals surface area (Å²) >= 11 is 0. The van der Waals surface area contributed by atoms with Gasteiger partial charge in [0.05, 0.1) is 5.69 Å². The molecule has 90 valence electrons. The third-order valence-corrected chi connectivity index (χ3v) is 2.66. The van der Waals surface area contributed by atoms with Crippen LogP contribution < -0.4 is 4.90 Å². The second-order valence-electron chi connectivity index (χ2n) is 4.58. The number of amides is 1. The standard InChI is InChI=1S/C13H17N3O/c1-9(2)16-11-8-6-5-7-10(11)12(13(16)17)14-15(3)4/h5-9H,1-4H3. The molecule has 4 heteroatoms. The van der Waals surface area contributed by atoms with Crippen molar-refractivity contribution < 1.29 is 4.79 Å². The molecular weight excluding hydrogens is 214 g/mol. The number of anilines is 1. The van der Waals surface area contributed by atoms with Crippen LogP contribution in [0.5, 0.6) is 0 Å². The normalized spacial score (nSPS) is 16.9. The largest absolute Gasteiger partial charge is 0.304 e. The monoisotopic (exact) mass is 231 g/mol. The van der Waals surface area contributed by atoms with Crippen LogP contribution in [0.4, 0.5) is 5.69 Å². The molecule has 17 heavy (non-hydrogen) atoms. The van der Waals surface area contributed by atoms with Gasteiger partial charge in [0.1, 0.15) is 0 Å². The Balaban J connectivity index is 2.57. The van der Waals surface area contributed by atoms with Crippen molar-refractivity contribution in [1.82, 2.24) is 5.01 Å². The van der Waals surface area contributed by atoms with Gasteiger partial charge in [-0.1, -0.05) is 18.2 Å². The lowest BCUT2D eigenvalue weighted by Crippen LogP contribution is -2.36. The summed E-state index contributed by atoms with van der Waals surface area (Å²) in [5.74, 6) is -0.0186. The fourth-order valence-electron chi connectivity index (χ4n) is 2.03. The number of nitrogens with zero attached hydrogens (tertiary/aromatic N) is 3. The zero-order valence-corrected chi connectivity index (χ0v) is 10.6. The number of carbonyl (C=O) groups is 1. The van der Waals surface area contributed by atoms with Gasteiger partial charge in [0, 0.05) is 25.7 Å². The highest BCUT2D eigenvalue weighted by atomic mass is 16.2. The Labute approximate surface area is 102 Å². The molecule has 0 aromatic heterocycles. The van der Waals surface area contributed by atoms with Crippen molar-refractivity contribution >= 4 is 17.3 Å². The van der Waals surface area contributed by atoms with E-state index in [0.29, 0.717) is 5.71 Å². The van der Waals surface area contributed by atoms with E-state index < -0.39 is 0 Å². The summed E-state index contributed by atoms with van der Waals surface area (Å²) in [7, 11) is 3.64. The van der Waals surface area contributed by atoms with Crippen molar-refractivity contribution in [3.63, 3.8) is 0 Å². The summed E-state index contributed by atoms with van der Waals surface area (Å²) in [5.41, 5.74) is 2.40. The highest BCUT2D eigenvalue weighted by Crippen LogP contribution is 2.30. The molecule has 0 aliphatic carbocycles. The van der Waals surface area contributed by atoms with Gasteiger partial charge in [0.25, 0.3) is 5.91 Å². The van der Waals surface area contributed by atoms with Gasteiger partial charge in [0.2, 0.25) is 0 Å². The summed E-state index contributed by atoms with van der Waals surface area (Å²) < 4.78 is 0.